The molecule has 4 rings (SSSR count). The molecule has 1 aliphatic rings. The first-order valence-electron chi connectivity index (χ1n) is 11.5. The van der Waals surface area contributed by atoms with E-state index in [2.05, 4.69) is 0 Å². The molecule has 1 atom stereocenters. The van der Waals surface area contributed by atoms with Gasteiger partial charge in [0.1, 0.15) is 11.5 Å². The number of amides is 1. The van der Waals surface area contributed by atoms with Crippen molar-refractivity contribution in [1.82, 2.24) is 0 Å². The van der Waals surface area contributed by atoms with Gasteiger partial charge >= 0.3 is 5.97 Å². The standard InChI is InChI=1S/C29H27NO6/c1-5-18-6-8-19(9-7-18)25-24(26(31)21-12-15-23(35-3)17(2)16-21)27(32)28(33)30(25)22-13-10-20(11-14-22)29(34)36-4/h6-16,25,31H,5H2,1-4H3/b26-24-. The summed E-state index contributed by atoms with van der Waals surface area (Å²) in [7, 11) is 2.84. The third-order valence-corrected chi connectivity index (χ3v) is 6.38. The molecule has 184 valence electrons. The number of hydrogen-bond acceptors (Lipinski definition) is 6. The number of anilines is 1. The lowest BCUT2D eigenvalue weighted by Gasteiger charge is -2.26. The number of rotatable bonds is 6. The Labute approximate surface area is 209 Å². The molecule has 0 saturated carbocycles. The molecule has 0 bridgehead atoms. The lowest BCUT2D eigenvalue weighted by Crippen LogP contribution is -2.29. The van der Waals surface area contributed by atoms with Crippen LogP contribution in [-0.2, 0) is 20.7 Å². The highest BCUT2D eigenvalue weighted by atomic mass is 16.5. The first kappa shape index (κ1) is 24.7. The quantitative estimate of drug-likeness (QED) is 0.229. The maximum Gasteiger partial charge on any atom is 0.337 e. The number of aliphatic hydroxyl groups is 1. The molecule has 1 fully saturated rings. The van der Waals surface area contributed by atoms with Gasteiger partial charge < -0.3 is 14.6 Å². The van der Waals surface area contributed by atoms with Crippen molar-refractivity contribution < 1.29 is 29.0 Å². The van der Waals surface area contributed by atoms with E-state index in [-0.39, 0.29) is 11.3 Å². The number of methoxy groups -OCH3 is 2. The smallest absolute Gasteiger partial charge is 0.337 e. The van der Waals surface area contributed by atoms with Crippen molar-refractivity contribution in [3.8, 4) is 5.75 Å². The Hall–Kier alpha value is -4.39. The molecule has 0 aromatic heterocycles. The van der Waals surface area contributed by atoms with Crippen LogP contribution in [0.25, 0.3) is 5.76 Å². The molecule has 1 aliphatic heterocycles. The van der Waals surface area contributed by atoms with Crippen molar-refractivity contribution in [3.05, 3.63) is 100 Å². The number of Topliss-reactive ketones (excluding diaryl/α,β-unsaturated/α-hetero) is 1. The van der Waals surface area contributed by atoms with Crippen LogP contribution < -0.4 is 9.64 Å². The summed E-state index contributed by atoms with van der Waals surface area (Å²) in [6, 6.07) is 18.0. The molecule has 1 saturated heterocycles. The molecule has 1 N–H and O–H groups in total. The van der Waals surface area contributed by atoms with Crippen LogP contribution in [0.3, 0.4) is 0 Å². The molecule has 3 aromatic rings. The number of ether oxygens (including phenoxy) is 2. The average molecular weight is 486 g/mol. The van der Waals surface area contributed by atoms with Crippen molar-refractivity contribution in [2.24, 2.45) is 0 Å². The number of aryl methyl sites for hydroxylation is 2. The van der Waals surface area contributed by atoms with Crippen molar-refractivity contribution in [3.63, 3.8) is 0 Å². The number of aliphatic hydroxyl groups excluding tert-OH is 1. The van der Waals surface area contributed by atoms with E-state index in [1.807, 2.05) is 38.1 Å². The molecule has 3 aromatic carbocycles. The summed E-state index contributed by atoms with van der Waals surface area (Å²) in [6.07, 6.45) is 0.834. The third kappa shape index (κ3) is 4.35. The first-order chi connectivity index (χ1) is 17.3. The summed E-state index contributed by atoms with van der Waals surface area (Å²) in [5.41, 5.74) is 3.68. The lowest BCUT2D eigenvalue weighted by molar-refractivity contribution is -0.132. The molecule has 0 aliphatic carbocycles. The van der Waals surface area contributed by atoms with Crippen LogP contribution >= 0.6 is 0 Å². The molecule has 1 unspecified atom stereocenters. The Kier molecular flexibility index (Phi) is 6.92. The Balaban J connectivity index is 1.89. The van der Waals surface area contributed by atoms with Crippen LogP contribution in [0.15, 0.2) is 72.3 Å². The van der Waals surface area contributed by atoms with Gasteiger partial charge in [-0.15, -0.1) is 0 Å². The molecular formula is C29H27NO6. The minimum Gasteiger partial charge on any atom is -0.507 e. The zero-order valence-electron chi connectivity index (χ0n) is 20.6. The highest BCUT2D eigenvalue weighted by Gasteiger charge is 2.47. The molecule has 7 heteroatoms. The number of carbonyl (C=O) groups is 3. The number of ketones is 1. The van der Waals surface area contributed by atoms with E-state index in [4.69, 9.17) is 9.47 Å². The highest BCUT2D eigenvalue weighted by Crippen LogP contribution is 2.42. The van der Waals surface area contributed by atoms with E-state index in [0.29, 0.717) is 28.1 Å². The summed E-state index contributed by atoms with van der Waals surface area (Å²) < 4.78 is 10.1. The fourth-order valence-corrected chi connectivity index (χ4v) is 4.41. The van der Waals surface area contributed by atoms with E-state index in [1.165, 1.54) is 24.1 Å². The van der Waals surface area contributed by atoms with Crippen LogP contribution in [0.1, 0.15) is 45.6 Å². The van der Waals surface area contributed by atoms with E-state index in [1.54, 1.807) is 37.4 Å². The number of esters is 1. The van der Waals surface area contributed by atoms with Gasteiger partial charge in [-0.25, -0.2) is 4.79 Å². The van der Waals surface area contributed by atoms with Gasteiger partial charge in [0.2, 0.25) is 0 Å². The second-order valence-electron chi connectivity index (χ2n) is 8.49. The van der Waals surface area contributed by atoms with Crippen LogP contribution in [0.4, 0.5) is 5.69 Å². The summed E-state index contributed by atoms with van der Waals surface area (Å²) in [5, 5.41) is 11.3. The minimum atomic E-state index is -0.859. The fraction of sp³-hybridized carbons (Fsp3) is 0.207. The Morgan fingerprint density at radius 2 is 1.58 bits per heavy atom. The predicted molar refractivity (Wildman–Crippen MR) is 136 cm³/mol. The van der Waals surface area contributed by atoms with Crippen molar-refractivity contribution in [1.29, 1.82) is 0 Å². The first-order valence-corrected chi connectivity index (χ1v) is 11.5. The van der Waals surface area contributed by atoms with Gasteiger partial charge in [-0.2, -0.15) is 0 Å². The second-order valence-corrected chi connectivity index (χ2v) is 8.49. The topological polar surface area (TPSA) is 93.1 Å². The Morgan fingerprint density at radius 1 is 0.944 bits per heavy atom. The zero-order valence-corrected chi connectivity index (χ0v) is 20.6. The molecule has 7 nitrogen and oxygen atoms in total. The van der Waals surface area contributed by atoms with Crippen LogP contribution in [0, 0.1) is 6.92 Å². The molecule has 0 radical (unpaired) electrons. The summed E-state index contributed by atoms with van der Waals surface area (Å²) >= 11 is 0. The molecule has 1 amide bonds. The van der Waals surface area contributed by atoms with Gasteiger partial charge in [-0.05, 0) is 72.5 Å². The van der Waals surface area contributed by atoms with Gasteiger partial charge in [0.15, 0.2) is 0 Å². The van der Waals surface area contributed by atoms with E-state index >= 15 is 0 Å². The zero-order chi connectivity index (χ0) is 26.0. The van der Waals surface area contributed by atoms with Crippen LogP contribution in [-0.4, -0.2) is 37.0 Å². The van der Waals surface area contributed by atoms with Crippen LogP contribution in [0.5, 0.6) is 5.75 Å². The van der Waals surface area contributed by atoms with Crippen molar-refractivity contribution in [2.75, 3.05) is 19.1 Å². The summed E-state index contributed by atoms with van der Waals surface area (Å²) in [5.74, 6) is -1.69. The van der Waals surface area contributed by atoms with E-state index in [0.717, 1.165) is 17.5 Å². The monoisotopic (exact) mass is 485 g/mol. The Bertz CT molecular complexity index is 1360. The van der Waals surface area contributed by atoms with Crippen molar-refractivity contribution >= 4 is 29.1 Å². The van der Waals surface area contributed by atoms with E-state index < -0.39 is 23.7 Å². The second kappa shape index (κ2) is 10.1. The highest BCUT2D eigenvalue weighted by molar-refractivity contribution is 6.51. The summed E-state index contributed by atoms with van der Waals surface area (Å²) in [6.45, 7) is 3.87. The molecule has 0 spiro atoms. The minimum absolute atomic E-state index is 0.00846. The van der Waals surface area contributed by atoms with Gasteiger partial charge in [0.05, 0.1) is 31.4 Å². The van der Waals surface area contributed by atoms with Crippen LogP contribution in [0.2, 0.25) is 0 Å². The average Bonchev–Trinajstić information content (AvgIpc) is 3.17. The summed E-state index contributed by atoms with van der Waals surface area (Å²) in [4.78, 5) is 39.9. The van der Waals surface area contributed by atoms with Gasteiger partial charge in [0, 0.05) is 11.3 Å². The van der Waals surface area contributed by atoms with E-state index in [9.17, 15) is 19.5 Å². The molecular weight excluding hydrogens is 458 g/mol. The SMILES string of the molecule is CCc1ccc(C2/C(=C(/O)c3ccc(OC)c(C)c3)C(=O)C(=O)N2c2ccc(C(=O)OC)cc2)cc1. The molecule has 1 heterocycles. The fourth-order valence-electron chi connectivity index (χ4n) is 4.41. The number of nitrogens with zero attached hydrogens (tertiary/aromatic N) is 1. The Morgan fingerprint density at radius 3 is 2.14 bits per heavy atom. The largest absolute Gasteiger partial charge is 0.507 e. The maximum absolute atomic E-state index is 13.3. The maximum atomic E-state index is 13.3. The van der Waals surface area contributed by atoms with Gasteiger partial charge in [-0.3, -0.25) is 14.5 Å². The number of hydrogen-bond donors (Lipinski definition) is 1. The number of carbonyl (C=O) groups excluding carboxylic acids is 3. The lowest BCUT2D eigenvalue weighted by atomic mass is 9.93. The predicted octanol–water partition coefficient (Wildman–Crippen LogP) is 4.98. The normalized spacial score (nSPS) is 16.8. The van der Waals surface area contributed by atoms with Gasteiger partial charge in [0.25, 0.3) is 11.7 Å². The number of benzene rings is 3. The van der Waals surface area contributed by atoms with Crippen molar-refractivity contribution in [2.45, 2.75) is 26.3 Å². The van der Waals surface area contributed by atoms with Gasteiger partial charge in [-0.1, -0.05) is 31.2 Å². The molecule has 36 heavy (non-hydrogen) atoms. The third-order valence-electron chi connectivity index (χ3n) is 6.38.